The summed E-state index contributed by atoms with van der Waals surface area (Å²) in [5, 5.41) is 12.3. The van der Waals surface area contributed by atoms with Crippen LogP contribution in [0, 0.1) is 12.8 Å². The van der Waals surface area contributed by atoms with Crippen molar-refractivity contribution in [2.45, 2.75) is 33.7 Å². The van der Waals surface area contributed by atoms with Gasteiger partial charge in [0.15, 0.2) is 0 Å². The molecule has 0 aliphatic heterocycles. The lowest BCUT2D eigenvalue weighted by Gasteiger charge is -2.24. The molecule has 1 rings (SSSR count). The van der Waals surface area contributed by atoms with E-state index in [1.807, 2.05) is 13.0 Å². The van der Waals surface area contributed by atoms with Crippen LogP contribution in [0.3, 0.4) is 0 Å². The summed E-state index contributed by atoms with van der Waals surface area (Å²) in [6, 6.07) is 1.95. The van der Waals surface area contributed by atoms with Crippen LogP contribution in [0.5, 0.6) is 0 Å². The molecule has 0 spiro atoms. The fourth-order valence-electron chi connectivity index (χ4n) is 2.13. The Balaban J connectivity index is 2.74. The molecule has 4 nitrogen and oxygen atoms in total. The van der Waals surface area contributed by atoms with E-state index in [2.05, 4.69) is 24.1 Å². The van der Waals surface area contributed by atoms with E-state index in [4.69, 9.17) is 5.11 Å². The van der Waals surface area contributed by atoms with Gasteiger partial charge in [0.2, 0.25) is 0 Å². The summed E-state index contributed by atoms with van der Waals surface area (Å²) in [6.07, 6.45) is -0.754. The predicted octanol–water partition coefficient (Wildman–Crippen LogP) is 2.20. The minimum Gasteiger partial charge on any atom is -0.395 e. The number of nitrogens with one attached hydrogen (secondary N) is 1. The highest BCUT2D eigenvalue weighted by atomic mass is 19.3. The number of hydrogen-bond donors (Lipinski definition) is 2. The smallest absolute Gasteiger partial charge is 0.255 e. The van der Waals surface area contributed by atoms with E-state index in [0.29, 0.717) is 18.3 Å². The van der Waals surface area contributed by atoms with Crippen LogP contribution in [0.2, 0.25) is 0 Å². The van der Waals surface area contributed by atoms with Crippen LogP contribution >= 0.6 is 0 Å². The van der Waals surface area contributed by atoms with Crippen molar-refractivity contribution in [3.05, 3.63) is 23.4 Å². The van der Waals surface area contributed by atoms with Crippen LogP contribution < -0.4 is 10.2 Å². The molecule has 1 heterocycles. The molecule has 0 atom stereocenters. The fraction of sp³-hybridized carbons (Fsp3) is 0.667. The van der Waals surface area contributed by atoms with E-state index < -0.39 is 13.0 Å². The molecule has 1 aromatic rings. The van der Waals surface area contributed by atoms with Crippen LogP contribution in [-0.4, -0.2) is 42.8 Å². The van der Waals surface area contributed by atoms with E-state index in [1.54, 1.807) is 6.20 Å². The van der Waals surface area contributed by atoms with Crippen molar-refractivity contribution in [2.75, 3.05) is 31.1 Å². The first-order valence-corrected chi connectivity index (χ1v) is 7.24. The number of pyridine rings is 1. The molecular weight excluding hydrogens is 276 g/mol. The van der Waals surface area contributed by atoms with Gasteiger partial charge in [-0.05, 0) is 36.6 Å². The van der Waals surface area contributed by atoms with Gasteiger partial charge in [0.1, 0.15) is 5.82 Å². The largest absolute Gasteiger partial charge is 0.395 e. The van der Waals surface area contributed by atoms with Crippen molar-refractivity contribution >= 4 is 5.82 Å². The number of aliphatic hydroxyl groups is 1. The molecule has 0 fully saturated rings. The van der Waals surface area contributed by atoms with Crippen molar-refractivity contribution in [1.82, 2.24) is 10.3 Å². The molecule has 0 bridgehead atoms. The SMILES string of the molecule is Cc1cc(CNCC(C)C)cnc1N(CCO)CC(F)F. The summed E-state index contributed by atoms with van der Waals surface area (Å²) in [5.74, 6) is 1.08. The maximum atomic E-state index is 12.6. The Morgan fingerprint density at radius 3 is 2.62 bits per heavy atom. The molecule has 21 heavy (non-hydrogen) atoms. The number of hydrogen-bond acceptors (Lipinski definition) is 4. The number of nitrogens with zero attached hydrogens (tertiary/aromatic N) is 2. The summed E-state index contributed by atoms with van der Waals surface area (Å²) < 4.78 is 25.2. The minimum atomic E-state index is -2.45. The Labute approximate surface area is 125 Å². The second kappa shape index (κ2) is 8.89. The molecule has 0 aliphatic rings. The van der Waals surface area contributed by atoms with Crippen LogP contribution in [0.25, 0.3) is 0 Å². The summed E-state index contributed by atoms with van der Waals surface area (Å²) in [7, 11) is 0. The molecule has 0 radical (unpaired) electrons. The Kier molecular flexibility index (Phi) is 7.53. The molecular formula is C15H25F2N3O. The van der Waals surface area contributed by atoms with Gasteiger partial charge in [-0.15, -0.1) is 0 Å². The molecule has 0 saturated heterocycles. The predicted molar refractivity (Wildman–Crippen MR) is 80.8 cm³/mol. The third-order valence-corrected chi connectivity index (χ3v) is 3.02. The van der Waals surface area contributed by atoms with Crippen LogP contribution in [0.1, 0.15) is 25.0 Å². The average molecular weight is 301 g/mol. The zero-order valence-electron chi connectivity index (χ0n) is 12.9. The summed E-state index contributed by atoms with van der Waals surface area (Å²) in [6.45, 7) is 7.31. The number of halogens is 2. The standard InChI is InChI=1S/C15H25F2N3O/c1-11(2)7-18-8-13-6-12(3)15(19-9-13)20(4-5-21)10-14(16)17/h6,9,11,14,18,21H,4-5,7-8,10H2,1-3H3. The number of rotatable bonds is 9. The molecule has 1 aromatic heterocycles. The molecule has 0 aliphatic carbocycles. The Hall–Kier alpha value is -1.27. The lowest BCUT2D eigenvalue weighted by atomic mass is 10.1. The maximum Gasteiger partial charge on any atom is 0.255 e. The fourth-order valence-corrected chi connectivity index (χ4v) is 2.13. The average Bonchev–Trinajstić information content (AvgIpc) is 2.37. The summed E-state index contributed by atoms with van der Waals surface area (Å²) in [4.78, 5) is 5.71. The molecule has 0 aromatic carbocycles. The first-order chi connectivity index (χ1) is 9.93. The van der Waals surface area contributed by atoms with E-state index >= 15 is 0 Å². The van der Waals surface area contributed by atoms with Gasteiger partial charge < -0.3 is 15.3 Å². The van der Waals surface area contributed by atoms with Gasteiger partial charge in [-0.1, -0.05) is 13.8 Å². The van der Waals surface area contributed by atoms with Gasteiger partial charge in [-0.25, -0.2) is 13.8 Å². The number of aryl methyl sites for hydroxylation is 1. The van der Waals surface area contributed by atoms with E-state index in [0.717, 1.165) is 17.7 Å². The molecule has 0 unspecified atom stereocenters. The third-order valence-electron chi connectivity index (χ3n) is 3.02. The number of aromatic nitrogens is 1. The first kappa shape index (κ1) is 17.8. The summed E-state index contributed by atoms with van der Waals surface area (Å²) in [5.41, 5.74) is 1.87. The van der Waals surface area contributed by atoms with Crippen molar-refractivity contribution in [3.63, 3.8) is 0 Å². The topological polar surface area (TPSA) is 48.4 Å². The quantitative estimate of drug-likeness (QED) is 0.734. The highest BCUT2D eigenvalue weighted by Crippen LogP contribution is 2.19. The van der Waals surface area contributed by atoms with Gasteiger partial charge in [-0.3, -0.25) is 0 Å². The van der Waals surface area contributed by atoms with Gasteiger partial charge in [0.05, 0.1) is 13.2 Å². The monoisotopic (exact) mass is 301 g/mol. The van der Waals surface area contributed by atoms with Crippen molar-refractivity contribution < 1.29 is 13.9 Å². The lowest BCUT2D eigenvalue weighted by molar-refractivity contribution is 0.152. The highest BCUT2D eigenvalue weighted by molar-refractivity contribution is 5.47. The van der Waals surface area contributed by atoms with E-state index in [-0.39, 0.29) is 13.2 Å². The lowest BCUT2D eigenvalue weighted by Crippen LogP contribution is -2.33. The maximum absolute atomic E-state index is 12.6. The van der Waals surface area contributed by atoms with Crippen LogP contribution in [0.4, 0.5) is 14.6 Å². The normalized spacial score (nSPS) is 11.4. The number of aliphatic hydroxyl groups excluding tert-OH is 1. The van der Waals surface area contributed by atoms with Crippen LogP contribution in [-0.2, 0) is 6.54 Å². The van der Waals surface area contributed by atoms with Gasteiger partial charge >= 0.3 is 0 Å². The molecule has 0 amide bonds. The molecule has 6 heteroatoms. The molecule has 120 valence electrons. The second-order valence-electron chi connectivity index (χ2n) is 5.57. The van der Waals surface area contributed by atoms with Crippen molar-refractivity contribution in [3.8, 4) is 0 Å². The van der Waals surface area contributed by atoms with Gasteiger partial charge in [-0.2, -0.15) is 0 Å². The molecule has 0 saturated carbocycles. The third kappa shape index (κ3) is 6.35. The van der Waals surface area contributed by atoms with Crippen molar-refractivity contribution in [2.24, 2.45) is 5.92 Å². The van der Waals surface area contributed by atoms with E-state index in [9.17, 15) is 8.78 Å². The Bertz CT molecular complexity index is 427. The minimum absolute atomic E-state index is 0.156. The highest BCUT2D eigenvalue weighted by Gasteiger charge is 2.15. The van der Waals surface area contributed by atoms with E-state index in [1.165, 1.54) is 4.90 Å². The van der Waals surface area contributed by atoms with Crippen molar-refractivity contribution in [1.29, 1.82) is 0 Å². The zero-order chi connectivity index (χ0) is 15.8. The molecule has 2 N–H and O–H groups in total. The van der Waals surface area contributed by atoms with Gasteiger partial charge in [0.25, 0.3) is 6.43 Å². The van der Waals surface area contributed by atoms with Gasteiger partial charge in [0, 0.05) is 19.3 Å². The van der Waals surface area contributed by atoms with Crippen LogP contribution in [0.15, 0.2) is 12.3 Å². The number of alkyl halides is 2. The summed E-state index contributed by atoms with van der Waals surface area (Å²) >= 11 is 0. The first-order valence-electron chi connectivity index (χ1n) is 7.24. The number of anilines is 1. The zero-order valence-corrected chi connectivity index (χ0v) is 12.9. The second-order valence-corrected chi connectivity index (χ2v) is 5.57. The Morgan fingerprint density at radius 1 is 1.38 bits per heavy atom. The Morgan fingerprint density at radius 2 is 2.10 bits per heavy atom.